The van der Waals surface area contributed by atoms with Crippen molar-refractivity contribution in [3.05, 3.63) is 111 Å². The lowest BCUT2D eigenvalue weighted by Crippen LogP contribution is -2.43. The molecule has 0 unspecified atom stereocenters. The Morgan fingerprint density at radius 3 is 2.63 bits per heavy atom. The van der Waals surface area contributed by atoms with E-state index in [0.29, 0.717) is 5.75 Å². The number of carbonyl (C=O) groups excluding carboxylic acids is 2. The number of methoxy groups -OCH3 is 1. The first kappa shape index (κ1) is 25.3. The molecule has 1 amide bonds. The van der Waals surface area contributed by atoms with E-state index in [9.17, 15) is 14.4 Å². The highest BCUT2D eigenvalue weighted by molar-refractivity contribution is 9.10. The van der Waals surface area contributed by atoms with Crippen LogP contribution in [0.5, 0.6) is 5.75 Å². The molecule has 0 saturated heterocycles. The number of rotatable bonds is 8. The minimum atomic E-state index is -0.992. The average molecular weight is 575 g/mol. The Morgan fingerprint density at radius 2 is 1.84 bits per heavy atom. The number of fused-ring (bicyclic) bond motifs is 2. The van der Waals surface area contributed by atoms with Gasteiger partial charge in [0.05, 0.1) is 7.11 Å². The van der Waals surface area contributed by atoms with Crippen LogP contribution < -0.4 is 15.5 Å². The number of benzene rings is 3. The second kappa shape index (κ2) is 10.9. The lowest BCUT2D eigenvalue weighted by molar-refractivity contribution is -0.142. The van der Waals surface area contributed by atoms with E-state index in [1.54, 1.807) is 24.4 Å². The molecule has 2 N–H and O–H groups in total. The van der Waals surface area contributed by atoms with Gasteiger partial charge in [-0.2, -0.15) is 0 Å². The van der Waals surface area contributed by atoms with Crippen LogP contribution in [0.25, 0.3) is 21.9 Å². The number of hydrogen-bond acceptors (Lipinski definition) is 6. The number of aromatic nitrogens is 1. The van der Waals surface area contributed by atoms with Crippen molar-refractivity contribution < 1.29 is 23.5 Å². The minimum absolute atomic E-state index is 0.189. The van der Waals surface area contributed by atoms with Crippen LogP contribution in [-0.4, -0.2) is 30.0 Å². The molecule has 192 valence electrons. The van der Waals surface area contributed by atoms with Crippen molar-refractivity contribution in [2.45, 2.75) is 19.1 Å². The predicted molar refractivity (Wildman–Crippen MR) is 146 cm³/mol. The Kier molecular flexibility index (Phi) is 7.28. The normalized spacial score (nSPS) is 11.8. The monoisotopic (exact) mass is 574 g/mol. The Labute approximate surface area is 225 Å². The maximum absolute atomic E-state index is 13.1. The van der Waals surface area contributed by atoms with Crippen LogP contribution in [0.2, 0.25) is 0 Å². The molecule has 8 nitrogen and oxygen atoms in total. The summed E-state index contributed by atoms with van der Waals surface area (Å²) in [4.78, 5) is 41.8. The van der Waals surface area contributed by atoms with Gasteiger partial charge in [-0.05, 0) is 41.5 Å². The van der Waals surface area contributed by atoms with E-state index in [4.69, 9.17) is 13.9 Å². The highest BCUT2D eigenvalue weighted by Crippen LogP contribution is 2.25. The van der Waals surface area contributed by atoms with Crippen LogP contribution in [0.4, 0.5) is 0 Å². The van der Waals surface area contributed by atoms with Gasteiger partial charge in [0.2, 0.25) is 0 Å². The van der Waals surface area contributed by atoms with Crippen molar-refractivity contribution >= 4 is 49.7 Å². The third-order valence-electron chi connectivity index (χ3n) is 6.14. The van der Waals surface area contributed by atoms with Crippen LogP contribution in [-0.2, 0) is 22.6 Å². The third-order valence-corrected chi connectivity index (χ3v) is 6.67. The van der Waals surface area contributed by atoms with Crippen LogP contribution in [0.15, 0.2) is 92.7 Å². The number of esters is 1. The molecular weight excluding hydrogens is 552 g/mol. The summed E-state index contributed by atoms with van der Waals surface area (Å²) in [5, 5.41) is 3.81. The number of nitrogens with one attached hydrogen (secondary N) is 2. The van der Waals surface area contributed by atoms with E-state index >= 15 is 0 Å². The largest absolute Gasteiger partial charge is 0.488 e. The van der Waals surface area contributed by atoms with Gasteiger partial charge in [-0.1, -0.05) is 52.3 Å². The highest BCUT2D eigenvalue weighted by Gasteiger charge is 2.25. The zero-order valence-electron chi connectivity index (χ0n) is 20.3. The summed E-state index contributed by atoms with van der Waals surface area (Å²) in [5.74, 6) is -1.20. The quantitative estimate of drug-likeness (QED) is 0.248. The van der Waals surface area contributed by atoms with Crippen molar-refractivity contribution in [3.63, 3.8) is 0 Å². The zero-order valence-corrected chi connectivity index (χ0v) is 21.9. The van der Waals surface area contributed by atoms with E-state index in [1.165, 1.54) is 7.11 Å². The summed E-state index contributed by atoms with van der Waals surface area (Å²) in [6.07, 6.45) is 1.98. The second-order valence-electron chi connectivity index (χ2n) is 8.63. The number of H-pyrrole nitrogens is 1. The number of para-hydroxylation sites is 1. The number of halogens is 1. The van der Waals surface area contributed by atoms with Gasteiger partial charge >= 0.3 is 5.97 Å². The van der Waals surface area contributed by atoms with Crippen molar-refractivity contribution in [3.8, 4) is 5.75 Å². The summed E-state index contributed by atoms with van der Waals surface area (Å²) < 4.78 is 17.5. The molecule has 0 aliphatic heterocycles. The van der Waals surface area contributed by atoms with E-state index < -0.39 is 23.3 Å². The summed E-state index contributed by atoms with van der Waals surface area (Å²) >= 11 is 3.40. The molecule has 3 aromatic carbocycles. The summed E-state index contributed by atoms with van der Waals surface area (Å²) in [7, 11) is 1.25. The van der Waals surface area contributed by atoms with E-state index in [1.807, 2.05) is 48.5 Å². The Hall–Kier alpha value is -4.37. The van der Waals surface area contributed by atoms with Crippen molar-refractivity contribution in [1.82, 2.24) is 10.3 Å². The molecule has 0 bridgehead atoms. The number of aromatic amines is 1. The van der Waals surface area contributed by atoms with E-state index in [0.717, 1.165) is 32.6 Å². The fourth-order valence-corrected chi connectivity index (χ4v) is 4.50. The van der Waals surface area contributed by atoms with Crippen LogP contribution in [0.1, 0.15) is 21.7 Å². The molecule has 38 heavy (non-hydrogen) atoms. The number of amides is 1. The first-order chi connectivity index (χ1) is 18.4. The molecule has 0 saturated carbocycles. The number of hydrogen-bond donors (Lipinski definition) is 2. The average Bonchev–Trinajstić information content (AvgIpc) is 3.34. The van der Waals surface area contributed by atoms with E-state index in [2.05, 4.69) is 26.2 Å². The van der Waals surface area contributed by atoms with Crippen molar-refractivity contribution in [1.29, 1.82) is 0 Å². The van der Waals surface area contributed by atoms with Gasteiger partial charge in [0.15, 0.2) is 11.2 Å². The Bertz CT molecular complexity index is 1690. The summed E-state index contributed by atoms with van der Waals surface area (Å²) in [6.45, 7) is 0.253. The van der Waals surface area contributed by atoms with Gasteiger partial charge in [0, 0.05) is 34.1 Å². The van der Waals surface area contributed by atoms with Gasteiger partial charge in [0.1, 0.15) is 29.4 Å². The fraction of sp³-hybridized carbons (Fsp3) is 0.138. The molecule has 0 fully saturated rings. The molecule has 0 spiro atoms. The smallest absolute Gasteiger partial charge is 0.328 e. The first-order valence-electron chi connectivity index (χ1n) is 11.8. The molecule has 2 aromatic heterocycles. The third kappa shape index (κ3) is 5.33. The SMILES string of the molecule is COC(=O)[C@H](Cc1c[nH]c2ccccc12)NC(=O)c1cc(=O)c2c(OCc3ccc(Br)cc3)cccc2o1. The molecule has 5 rings (SSSR count). The summed E-state index contributed by atoms with van der Waals surface area (Å²) in [5.41, 5.74) is 2.44. The summed E-state index contributed by atoms with van der Waals surface area (Å²) in [6, 6.07) is 20.3. The zero-order chi connectivity index (χ0) is 26.6. The second-order valence-corrected chi connectivity index (χ2v) is 9.55. The minimum Gasteiger partial charge on any atom is -0.488 e. The maximum atomic E-state index is 13.1. The molecule has 1 atom stereocenters. The molecular formula is C29H23BrN2O6. The van der Waals surface area contributed by atoms with Gasteiger partial charge in [-0.3, -0.25) is 9.59 Å². The molecule has 5 aromatic rings. The van der Waals surface area contributed by atoms with Crippen LogP contribution in [0, 0.1) is 0 Å². The maximum Gasteiger partial charge on any atom is 0.328 e. The molecule has 2 heterocycles. The van der Waals surface area contributed by atoms with E-state index in [-0.39, 0.29) is 29.8 Å². The predicted octanol–water partition coefficient (Wildman–Crippen LogP) is 5.13. The Balaban J connectivity index is 1.38. The molecule has 0 aliphatic carbocycles. The number of carbonyl (C=O) groups is 2. The molecule has 0 radical (unpaired) electrons. The number of ether oxygens (including phenoxy) is 2. The van der Waals surface area contributed by atoms with Crippen LogP contribution in [0.3, 0.4) is 0 Å². The van der Waals surface area contributed by atoms with Crippen molar-refractivity contribution in [2.24, 2.45) is 0 Å². The van der Waals surface area contributed by atoms with Gasteiger partial charge < -0.3 is 24.2 Å². The van der Waals surface area contributed by atoms with Gasteiger partial charge in [0.25, 0.3) is 5.91 Å². The van der Waals surface area contributed by atoms with Crippen LogP contribution >= 0.6 is 15.9 Å². The molecule has 0 aliphatic rings. The van der Waals surface area contributed by atoms with Gasteiger partial charge in [-0.25, -0.2) is 4.79 Å². The lowest BCUT2D eigenvalue weighted by Gasteiger charge is -2.16. The van der Waals surface area contributed by atoms with Gasteiger partial charge in [-0.15, -0.1) is 0 Å². The first-order valence-corrected chi connectivity index (χ1v) is 12.6. The fourth-order valence-electron chi connectivity index (χ4n) is 4.24. The van der Waals surface area contributed by atoms with Crippen molar-refractivity contribution in [2.75, 3.05) is 7.11 Å². The molecule has 9 heteroatoms. The topological polar surface area (TPSA) is 111 Å². The highest BCUT2D eigenvalue weighted by atomic mass is 79.9. The standard InChI is InChI=1S/C29H23BrN2O6/c1-36-29(35)22(13-18-15-31-21-6-3-2-5-20(18)21)32-28(34)26-14-23(33)27-24(7-4-8-25(27)38-26)37-16-17-9-11-19(30)12-10-17/h2-12,14-15,22,31H,13,16H2,1H3,(H,32,34)/t22-/m0/s1. The lowest BCUT2D eigenvalue weighted by atomic mass is 10.0. The Morgan fingerprint density at radius 1 is 1.05 bits per heavy atom.